The van der Waals surface area contributed by atoms with Gasteiger partial charge in [-0.3, -0.25) is 14.5 Å². The Morgan fingerprint density at radius 1 is 1.11 bits per heavy atom. The Kier molecular flexibility index (Phi) is 6.50. The predicted octanol–water partition coefficient (Wildman–Crippen LogP) is 0.822. The van der Waals surface area contributed by atoms with Gasteiger partial charge in [0.25, 0.3) is 0 Å². The van der Waals surface area contributed by atoms with Crippen molar-refractivity contribution >= 4 is 17.5 Å². The van der Waals surface area contributed by atoms with Crippen LogP contribution in [0.4, 0.5) is 5.69 Å². The SMILES string of the molecule is Cc1nnc(-c2ccc(NC(=O)C(=O)NCCCN3CCOCC3)cc2)o1. The minimum Gasteiger partial charge on any atom is -0.421 e. The Labute approximate surface area is 157 Å². The first-order valence-electron chi connectivity index (χ1n) is 8.91. The van der Waals surface area contributed by atoms with Crippen molar-refractivity contribution in [2.24, 2.45) is 0 Å². The Bertz CT molecular complexity index is 768. The molecule has 0 aliphatic carbocycles. The molecule has 2 amide bonds. The van der Waals surface area contributed by atoms with Crippen LogP contribution in [0.1, 0.15) is 12.3 Å². The molecule has 9 nitrogen and oxygen atoms in total. The smallest absolute Gasteiger partial charge is 0.313 e. The Hall–Kier alpha value is -2.78. The third kappa shape index (κ3) is 5.60. The lowest BCUT2D eigenvalue weighted by atomic mass is 10.2. The second-order valence-corrected chi connectivity index (χ2v) is 6.22. The van der Waals surface area contributed by atoms with Crippen LogP contribution < -0.4 is 10.6 Å². The maximum Gasteiger partial charge on any atom is 0.313 e. The summed E-state index contributed by atoms with van der Waals surface area (Å²) in [4.78, 5) is 26.2. The second-order valence-electron chi connectivity index (χ2n) is 6.22. The maximum atomic E-state index is 12.0. The molecule has 1 aliphatic heterocycles. The molecule has 1 aromatic carbocycles. The van der Waals surface area contributed by atoms with Crippen LogP contribution in [0.25, 0.3) is 11.5 Å². The lowest BCUT2D eigenvalue weighted by Gasteiger charge is -2.26. The van der Waals surface area contributed by atoms with Crippen LogP contribution in [0, 0.1) is 6.92 Å². The van der Waals surface area contributed by atoms with Crippen molar-refractivity contribution in [3.63, 3.8) is 0 Å². The van der Waals surface area contributed by atoms with E-state index in [9.17, 15) is 9.59 Å². The van der Waals surface area contributed by atoms with E-state index in [2.05, 4.69) is 25.7 Å². The summed E-state index contributed by atoms with van der Waals surface area (Å²) in [5.74, 6) is -0.451. The highest BCUT2D eigenvalue weighted by Crippen LogP contribution is 2.19. The number of carbonyl (C=O) groups is 2. The van der Waals surface area contributed by atoms with Crippen molar-refractivity contribution in [3.05, 3.63) is 30.2 Å². The third-order valence-corrected chi connectivity index (χ3v) is 4.16. The van der Waals surface area contributed by atoms with Crippen molar-refractivity contribution in [1.29, 1.82) is 0 Å². The predicted molar refractivity (Wildman–Crippen MR) is 98.0 cm³/mol. The summed E-state index contributed by atoms with van der Waals surface area (Å²) in [5.41, 5.74) is 1.25. The number of ether oxygens (including phenoxy) is 1. The molecule has 1 fully saturated rings. The zero-order valence-corrected chi connectivity index (χ0v) is 15.2. The second kappa shape index (κ2) is 9.24. The molecular weight excluding hydrogens is 350 g/mol. The fraction of sp³-hybridized carbons (Fsp3) is 0.444. The molecule has 27 heavy (non-hydrogen) atoms. The molecule has 1 saturated heterocycles. The molecule has 0 saturated carbocycles. The van der Waals surface area contributed by atoms with E-state index in [0.29, 0.717) is 24.0 Å². The highest BCUT2D eigenvalue weighted by Gasteiger charge is 2.14. The van der Waals surface area contributed by atoms with Gasteiger partial charge in [-0.25, -0.2) is 0 Å². The standard InChI is InChI=1S/C18H23N5O4/c1-13-21-22-18(27-13)14-3-5-15(6-4-14)20-17(25)16(24)19-7-2-8-23-9-11-26-12-10-23/h3-6H,2,7-12H2,1H3,(H,19,24)(H,20,25). The number of morpholine rings is 1. The van der Waals surface area contributed by atoms with Crippen molar-refractivity contribution in [3.8, 4) is 11.5 Å². The van der Waals surface area contributed by atoms with Crippen LogP contribution in [-0.2, 0) is 14.3 Å². The number of nitrogens with zero attached hydrogens (tertiary/aromatic N) is 3. The van der Waals surface area contributed by atoms with E-state index >= 15 is 0 Å². The van der Waals surface area contributed by atoms with Crippen LogP contribution in [0.3, 0.4) is 0 Å². The lowest BCUT2D eigenvalue weighted by Crippen LogP contribution is -2.39. The summed E-state index contributed by atoms with van der Waals surface area (Å²) in [5, 5.41) is 12.9. The number of benzene rings is 1. The summed E-state index contributed by atoms with van der Waals surface area (Å²) in [6, 6.07) is 6.84. The number of carbonyl (C=O) groups excluding carboxylic acids is 2. The number of hydrogen-bond acceptors (Lipinski definition) is 7. The van der Waals surface area contributed by atoms with Gasteiger partial charge in [-0.05, 0) is 37.2 Å². The highest BCUT2D eigenvalue weighted by molar-refractivity contribution is 6.39. The molecule has 144 valence electrons. The number of amides is 2. The van der Waals surface area contributed by atoms with Crippen molar-refractivity contribution < 1.29 is 18.7 Å². The van der Waals surface area contributed by atoms with E-state index in [4.69, 9.17) is 9.15 Å². The average molecular weight is 373 g/mol. The van der Waals surface area contributed by atoms with E-state index in [1.807, 2.05) is 0 Å². The van der Waals surface area contributed by atoms with Gasteiger partial charge in [-0.15, -0.1) is 10.2 Å². The molecule has 1 aliphatic rings. The molecule has 2 aromatic rings. The number of aryl methyl sites for hydroxylation is 1. The first-order chi connectivity index (χ1) is 13.1. The van der Waals surface area contributed by atoms with Gasteiger partial charge in [0.1, 0.15) is 0 Å². The van der Waals surface area contributed by atoms with Gasteiger partial charge in [-0.1, -0.05) is 0 Å². The third-order valence-electron chi connectivity index (χ3n) is 4.16. The van der Waals surface area contributed by atoms with Crippen molar-refractivity contribution in [1.82, 2.24) is 20.4 Å². The molecule has 0 unspecified atom stereocenters. The molecule has 9 heteroatoms. The molecule has 2 heterocycles. The molecule has 1 aromatic heterocycles. The zero-order valence-electron chi connectivity index (χ0n) is 15.2. The Morgan fingerprint density at radius 3 is 2.52 bits per heavy atom. The van der Waals surface area contributed by atoms with Gasteiger partial charge >= 0.3 is 11.8 Å². The van der Waals surface area contributed by atoms with Crippen molar-refractivity contribution in [2.45, 2.75) is 13.3 Å². The van der Waals surface area contributed by atoms with Gasteiger partial charge in [0, 0.05) is 37.8 Å². The monoisotopic (exact) mass is 373 g/mol. The first kappa shape index (κ1) is 19.0. The van der Waals surface area contributed by atoms with Crippen LogP contribution in [-0.4, -0.2) is 66.3 Å². The molecular formula is C18H23N5O4. The number of anilines is 1. The molecule has 3 rings (SSSR count). The molecule has 0 atom stereocenters. The minimum absolute atomic E-state index is 0.406. The minimum atomic E-state index is -0.692. The summed E-state index contributed by atoms with van der Waals surface area (Å²) < 4.78 is 10.6. The summed E-state index contributed by atoms with van der Waals surface area (Å²) >= 11 is 0. The zero-order chi connectivity index (χ0) is 19.1. The summed E-state index contributed by atoms with van der Waals surface area (Å²) in [6.07, 6.45) is 0.789. The summed E-state index contributed by atoms with van der Waals surface area (Å²) in [6.45, 7) is 6.37. The number of aromatic nitrogens is 2. The van der Waals surface area contributed by atoms with Gasteiger partial charge in [0.05, 0.1) is 13.2 Å². The number of hydrogen-bond donors (Lipinski definition) is 2. The number of rotatable bonds is 6. The number of nitrogens with one attached hydrogen (secondary N) is 2. The fourth-order valence-electron chi connectivity index (χ4n) is 2.71. The fourth-order valence-corrected chi connectivity index (χ4v) is 2.71. The molecule has 0 spiro atoms. The molecule has 0 bridgehead atoms. The van der Waals surface area contributed by atoms with E-state index < -0.39 is 11.8 Å². The van der Waals surface area contributed by atoms with Gasteiger partial charge in [0.15, 0.2) is 0 Å². The Morgan fingerprint density at radius 2 is 1.85 bits per heavy atom. The quantitative estimate of drug-likeness (QED) is 0.570. The van der Waals surface area contributed by atoms with E-state index in [-0.39, 0.29) is 0 Å². The largest absolute Gasteiger partial charge is 0.421 e. The van der Waals surface area contributed by atoms with Gasteiger partial charge < -0.3 is 19.8 Å². The average Bonchev–Trinajstić information content (AvgIpc) is 3.13. The van der Waals surface area contributed by atoms with E-state index in [0.717, 1.165) is 44.8 Å². The first-order valence-corrected chi connectivity index (χ1v) is 8.91. The summed E-state index contributed by atoms with van der Waals surface area (Å²) in [7, 11) is 0. The van der Waals surface area contributed by atoms with Gasteiger partial charge in [0.2, 0.25) is 11.8 Å². The van der Waals surface area contributed by atoms with Crippen LogP contribution >= 0.6 is 0 Å². The van der Waals surface area contributed by atoms with E-state index in [1.54, 1.807) is 31.2 Å². The van der Waals surface area contributed by atoms with Gasteiger partial charge in [-0.2, -0.15) is 0 Å². The highest BCUT2D eigenvalue weighted by atomic mass is 16.5. The van der Waals surface area contributed by atoms with Crippen LogP contribution in [0.15, 0.2) is 28.7 Å². The van der Waals surface area contributed by atoms with Crippen LogP contribution in [0.2, 0.25) is 0 Å². The Balaban J connectivity index is 1.40. The normalized spacial score (nSPS) is 14.7. The molecule has 2 N–H and O–H groups in total. The maximum absolute atomic E-state index is 12.0. The van der Waals surface area contributed by atoms with Crippen molar-refractivity contribution in [2.75, 3.05) is 44.7 Å². The molecule has 0 radical (unpaired) electrons. The topological polar surface area (TPSA) is 110 Å². The lowest BCUT2D eigenvalue weighted by molar-refractivity contribution is -0.136. The van der Waals surface area contributed by atoms with E-state index in [1.165, 1.54) is 0 Å². The van der Waals surface area contributed by atoms with Crippen LogP contribution in [0.5, 0.6) is 0 Å².